The number of para-hydroxylation sites is 1. The van der Waals surface area contributed by atoms with Crippen molar-refractivity contribution in [1.82, 2.24) is 4.98 Å². The van der Waals surface area contributed by atoms with Crippen molar-refractivity contribution in [2.45, 2.75) is 4.90 Å². The largest absolute Gasteiger partial charge is 0.321 e. The minimum absolute atomic E-state index is 0.317. The molecule has 1 N–H and O–H groups in total. The first-order chi connectivity index (χ1) is 11.4. The first-order valence-electron chi connectivity index (χ1n) is 6.87. The van der Waals surface area contributed by atoms with E-state index in [0.29, 0.717) is 26.5 Å². The van der Waals surface area contributed by atoms with E-state index >= 15 is 0 Å². The number of pyridine rings is 1. The fraction of sp³-hybridized carbons (Fsp3) is 0. The fourth-order valence-electron chi connectivity index (χ4n) is 2.21. The number of nitrogens with one attached hydrogen (secondary N) is 1. The first-order valence-corrected chi connectivity index (χ1v) is 9.17. The second-order valence-corrected chi connectivity index (χ2v) is 7.71. The number of rotatable bonds is 3. The molecule has 4 nitrogen and oxygen atoms in total. The Morgan fingerprint density at radius 2 is 1.75 bits per heavy atom. The minimum atomic E-state index is -3.92. The third-order valence-corrected chi connectivity index (χ3v) is 5.39. The van der Waals surface area contributed by atoms with E-state index in [4.69, 9.17) is 23.2 Å². The number of benzene rings is 2. The van der Waals surface area contributed by atoms with Crippen LogP contribution in [-0.4, -0.2) is 13.4 Å². The average Bonchev–Trinajstić information content (AvgIpc) is 2.53. The van der Waals surface area contributed by atoms with Crippen LogP contribution in [0.2, 0.25) is 10.0 Å². The maximum absolute atomic E-state index is 12.5. The summed E-state index contributed by atoms with van der Waals surface area (Å²) < 4.78 is 24.9. The number of aromatic nitrogens is 1. The molecular formula is C17H11Cl2NO3S. The molecule has 0 fully saturated rings. The number of halogens is 2. The molecule has 1 aromatic heterocycles. The maximum atomic E-state index is 12.5. The van der Waals surface area contributed by atoms with Crippen molar-refractivity contribution in [3.8, 4) is 0 Å². The SMILES string of the molecule is O=c1[nH]c2ccccc2cc1S(=O)(=O)/C=C/c1ccc(Cl)cc1Cl. The van der Waals surface area contributed by atoms with Crippen LogP contribution in [-0.2, 0) is 9.84 Å². The molecule has 122 valence electrons. The monoisotopic (exact) mass is 379 g/mol. The normalized spacial score (nSPS) is 12.1. The third kappa shape index (κ3) is 3.38. The molecule has 24 heavy (non-hydrogen) atoms. The molecule has 0 aliphatic carbocycles. The zero-order valence-corrected chi connectivity index (χ0v) is 14.5. The summed E-state index contributed by atoms with van der Waals surface area (Å²) in [5.74, 6) is 0. The summed E-state index contributed by atoms with van der Waals surface area (Å²) in [4.78, 5) is 14.3. The van der Waals surface area contributed by atoms with Gasteiger partial charge in [0.25, 0.3) is 5.56 Å². The zero-order chi connectivity index (χ0) is 17.3. The van der Waals surface area contributed by atoms with Crippen molar-refractivity contribution in [2.75, 3.05) is 0 Å². The van der Waals surface area contributed by atoms with E-state index in [1.807, 2.05) is 0 Å². The summed E-state index contributed by atoms with van der Waals surface area (Å²) in [5, 5.41) is 2.36. The average molecular weight is 380 g/mol. The highest BCUT2D eigenvalue weighted by Gasteiger charge is 2.16. The Hall–Kier alpha value is -2.08. The van der Waals surface area contributed by atoms with Gasteiger partial charge < -0.3 is 4.98 Å². The molecule has 0 aliphatic heterocycles. The van der Waals surface area contributed by atoms with Crippen LogP contribution in [0.3, 0.4) is 0 Å². The van der Waals surface area contributed by atoms with Crippen LogP contribution in [0.5, 0.6) is 0 Å². The fourth-order valence-corrected chi connectivity index (χ4v) is 3.76. The second-order valence-electron chi connectivity index (χ2n) is 5.06. The zero-order valence-electron chi connectivity index (χ0n) is 12.2. The predicted octanol–water partition coefficient (Wildman–Crippen LogP) is 4.28. The highest BCUT2D eigenvalue weighted by Crippen LogP contribution is 2.23. The van der Waals surface area contributed by atoms with Crippen LogP contribution in [0.1, 0.15) is 5.56 Å². The quantitative estimate of drug-likeness (QED) is 0.738. The summed E-state index contributed by atoms with van der Waals surface area (Å²) >= 11 is 11.8. The Morgan fingerprint density at radius 1 is 1.00 bits per heavy atom. The van der Waals surface area contributed by atoms with E-state index in [1.165, 1.54) is 18.2 Å². The van der Waals surface area contributed by atoms with Gasteiger partial charge in [0.1, 0.15) is 4.90 Å². The van der Waals surface area contributed by atoms with Crippen molar-refractivity contribution in [3.05, 3.63) is 79.9 Å². The molecule has 3 aromatic rings. The van der Waals surface area contributed by atoms with Crippen molar-refractivity contribution < 1.29 is 8.42 Å². The van der Waals surface area contributed by atoms with Crippen LogP contribution in [0.15, 0.2) is 63.6 Å². The lowest BCUT2D eigenvalue weighted by Gasteiger charge is -2.02. The predicted molar refractivity (Wildman–Crippen MR) is 97.3 cm³/mol. The first kappa shape index (κ1) is 16.8. The molecule has 2 aromatic carbocycles. The molecule has 1 heterocycles. The number of H-pyrrole nitrogens is 1. The highest BCUT2D eigenvalue weighted by molar-refractivity contribution is 7.94. The van der Waals surface area contributed by atoms with E-state index < -0.39 is 15.4 Å². The minimum Gasteiger partial charge on any atom is -0.321 e. The van der Waals surface area contributed by atoms with Gasteiger partial charge in [0, 0.05) is 21.0 Å². The summed E-state index contributed by atoms with van der Waals surface area (Å²) in [5.41, 5.74) is 0.397. The van der Waals surface area contributed by atoms with Gasteiger partial charge in [-0.05, 0) is 41.3 Å². The molecule has 0 radical (unpaired) electrons. The van der Waals surface area contributed by atoms with Gasteiger partial charge >= 0.3 is 0 Å². The standard InChI is InChI=1S/C17H11Cl2NO3S/c18-13-6-5-11(14(19)10-13)7-8-24(22,23)16-9-12-3-1-2-4-15(12)20-17(16)21/h1-10H,(H,20,21)/b8-7+. The molecule has 0 atom stereocenters. The Labute approximate surface area is 148 Å². The Kier molecular flexibility index (Phi) is 4.49. The van der Waals surface area contributed by atoms with Gasteiger partial charge in [0.15, 0.2) is 0 Å². The van der Waals surface area contributed by atoms with E-state index in [2.05, 4.69) is 4.98 Å². The highest BCUT2D eigenvalue weighted by atomic mass is 35.5. The Balaban J connectivity index is 2.06. The van der Waals surface area contributed by atoms with Gasteiger partial charge in [0.05, 0.1) is 0 Å². The maximum Gasteiger partial charge on any atom is 0.267 e. The molecule has 3 rings (SSSR count). The Bertz CT molecular complexity index is 1120. The van der Waals surface area contributed by atoms with Gasteiger partial charge in [0.2, 0.25) is 9.84 Å². The molecule has 0 aliphatic rings. The molecule has 0 spiro atoms. The molecule has 0 unspecified atom stereocenters. The van der Waals surface area contributed by atoms with Crippen LogP contribution in [0.25, 0.3) is 17.0 Å². The van der Waals surface area contributed by atoms with Gasteiger partial charge in [-0.25, -0.2) is 8.42 Å². The molecule has 0 amide bonds. The lowest BCUT2D eigenvalue weighted by molar-refractivity contribution is 0.603. The number of hydrogen-bond acceptors (Lipinski definition) is 3. The summed E-state index contributed by atoms with van der Waals surface area (Å²) in [7, 11) is -3.92. The number of fused-ring (bicyclic) bond motifs is 1. The van der Waals surface area contributed by atoms with Crippen molar-refractivity contribution in [1.29, 1.82) is 0 Å². The van der Waals surface area contributed by atoms with Gasteiger partial charge in [-0.15, -0.1) is 0 Å². The third-order valence-electron chi connectivity index (χ3n) is 3.42. The second kappa shape index (κ2) is 6.43. The topological polar surface area (TPSA) is 67.0 Å². The number of sulfone groups is 1. The van der Waals surface area contributed by atoms with Crippen LogP contribution in [0, 0.1) is 0 Å². The van der Waals surface area contributed by atoms with Crippen molar-refractivity contribution >= 4 is 50.0 Å². The van der Waals surface area contributed by atoms with E-state index in [1.54, 1.807) is 36.4 Å². The number of aromatic amines is 1. The molecule has 0 bridgehead atoms. The van der Waals surface area contributed by atoms with Gasteiger partial charge in [-0.2, -0.15) is 0 Å². The lowest BCUT2D eigenvalue weighted by Crippen LogP contribution is -2.15. The smallest absolute Gasteiger partial charge is 0.267 e. The van der Waals surface area contributed by atoms with E-state index in [9.17, 15) is 13.2 Å². The van der Waals surface area contributed by atoms with E-state index in [0.717, 1.165) is 5.41 Å². The molecule has 7 heteroatoms. The van der Waals surface area contributed by atoms with Crippen molar-refractivity contribution in [3.63, 3.8) is 0 Å². The van der Waals surface area contributed by atoms with Gasteiger partial charge in [-0.1, -0.05) is 47.5 Å². The number of hydrogen-bond donors (Lipinski definition) is 1. The van der Waals surface area contributed by atoms with Gasteiger partial charge in [-0.3, -0.25) is 4.79 Å². The van der Waals surface area contributed by atoms with Crippen LogP contribution >= 0.6 is 23.2 Å². The molecular weight excluding hydrogens is 369 g/mol. The Morgan fingerprint density at radius 3 is 2.50 bits per heavy atom. The van der Waals surface area contributed by atoms with Crippen LogP contribution < -0.4 is 5.56 Å². The summed E-state index contributed by atoms with van der Waals surface area (Å²) in [6, 6.07) is 13.0. The van der Waals surface area contributed by atoms with Crippen molar-refractivity contribution in [2.24, 2.45) is 0 Å². The van der Waals surface area contributed by atoms with E-state index in [-0.39, 0.29) is 4.90 Å². The molecule has 0 saturated heterocycles. The lowest BCUT2D eigenvalue weighted by atomic mass is 10.2. The summed E-state index contributed by atoms with van der Waals surface area (Å²) in [6.07, 6.45) is 1.34. The summed E-state index contributed by atoms with van der Waals surface area (Å²) in [6.45, 7) is 0. The molecule has 0 saturated carbocycles. The van der Waals surface area contributed by atoms with Crippen LogP contribution in [0.4, 0.5) is 0 Å².